The largest absolute Gasteiger partial charge is 0.489 e. The summed E-state index contributed by atoms with van der Waals surface area (Å²) in [4.78, 5) is 3.40. The Morgan fingerprint density at radius 2 is 1.84 bits per heavy atom. The summed E-state index contributed by atoms with van der Waals surface area (Å²) in [6.07, 6.45) is 1.63. The Labute approximate surface area is 195 Å². The van der Waals surface area contributed by atoms with E-state index in [9.17, 15) is 13.2 Å². The van der Waals surface area contributed by atoms with Crippen LogP contribution in [0.15, 0.2) is 65.7 Å². The van der Waals surface area contributed by atoms with Gasteiger partial charge in [0.1, 0.15) is 23.9 Å². The zero-order chi connectivity index (χ0) is 22.7. The molecule has 0 saturated heterocycles. The Balaban J connectivity index is 1.40. The van der Waals surface area contributed by atoms with E-state index in [1.165, 1.54) is 18.2 Å². The number of aromatic nitrogens is 1. The average molecular weight is 499 g/mol. The average Bonchev–Trinajstić information content (AvgIpc) is 3.15. The molecule has 10 heteroatoms. The fourth-order valence-electron chi connectivity index (χ4n) is 3.00. The molecule has 4 rings (SSSR count). The molecule has 0 radical (unpaired) electrons. The maximum atomic E-state index is 14.6. The minimum atomic E-state index is -2.91. The number of ether oxygens (including phenoxy) is 2. The summed E-state index contributed by atoms with van der Waals surface area (Å²) in [5, 5.41) is 1.70. The van der Waals surface area contributed by atoms with Gasteiger partial charge in [0.05, 0.1) is 26.1 Å². The summed E-state index contributed by atoms with van der Waals surface area (Å²) in [7, 11) is 0. The molecule has 0 bridgehead atoms. The number of fused-ring (bicyclic) bond motifs is 1. The Bertz CT molecular complexity index is 1250. The third kappa shape index (κ3) is 5.20. The van der Waals surface area contributed by atoms with Crippen LogP contribution in [0.25, 0.3) is 10.9 Å². The first-order valence-electron chi connectivity index (χ1n) is 9.25. The van der Waals surface area contributed by atoms with Crippen LogP contribution in [0.2, 0.25) is 10.0 Å². The van der Waals surface area contributed by atoms with Crippen molar-refractivity contribution in [3.63, 3.8) is 0 Å². The van der Waals surface area contributed by atoms with Crippen molar-refractivity contribution in [1.29, 1.82) is 0 Å². The van der Waals surface area contributed by atoms with Crippen molar-refractivity contribution in [3.05, 3.63) is 82.2 Å². The van der Waals surface area contributed by atoms with Crippen LogP contribution < -0.4 is 14.2 Å². The molecule has 3 aromatic carbocycles. The molecule has 0 aliphatic heterocycles. The summed E-state index contributed by atoms with van der Waals surface area (Å²) < 4.78 is 52.3. The molecule has 0 aliphatic rings. The predicted molar refractivity (Wildman–Crippen MR) is 122 cm³/mol. The van der Waals surface area contributed by atoms with Crippen LogP contribution in [0.1, 0.15) is 5.56 Å². The van der Waals surface area contributed by atoms with E-state index in [-0.39, 0.29) is 12.4 Å². The van der Waals surface area contributed by atoms with Crippen molar-refractivity contribution >= 4 is 51.7 Å². The zero-order valence-electron chi connectivity index (χ0n) is 16.2. The topological polar surface area (TPSA) is 46.3 Å². The quantitative estimate of drug-likeness (QED) is 0.242. The van der Waals surface area contributed by atoms with Crippen molar-refractivity contribution in [2.45, 2.75) is 18.1 Å². The number of nitrogens with one attached hydrogen (secondary N) is 2. The van der Waals surface area contributed by atoms with Gasteiger partial charge < -0.3 is 19.2 Å². The minimum absolute atomic E-state index is 0.0322. The zero-order valence-corrected chi connectivity index (χ0v) is 18.5. The second-order valence-electron chi connectivity index (χ2n) is 6.59. The Kier molecular flexibility index (Phi) is 6.93. The second-order valence-corrected chi connectivity index (χ2v) is 8.25. The molecule has 0 amide bonds. The highest BCUT2D eigenvalue weighted by molar-refractivity contribution is 8.00. The number of alkyl halides is 2. The summed E-state index contributed by atoms with van der Waals surface area (Å²) in [6.45, 7) is -2.84. The molecule has 166 valence electrons. The van der Waals surface area contributed by atoms with Gasteiger partial charge in [-0.15, -0.1) is 0 Å². The van der Waals surface area contributed by atoms with Crippen LogP contribution >= 0.6 is 35.1 Å². The first kappa shape index (κ1) is 22.5. The SMILES string of the molecule is Fc1cc(OCc2cccc(OC(F)F)c2)ccc1SNc1ccc(Cl)c2c(Cl)c[nH]c12. The standard InChI is InChI=1S/C22H15Cl2F3N2O2S/c23-15-5-6-18(21-20(15)16(24)10-28-21)29-32-19-7-4-13(9-17(19)25)30-11-12-2-1-3-14(8-12)31-22(26)27/h1-10,22,28-29H,11H2. The molecule has 0 fully saturated rings. The predicted octanol–water partition coefficient (Wildman–Crippen LogP) is 7.91. The van der Waals surface area contributed by atoms with E-state index in [4.69, 9.17) is 27.9 Å². The number of aromatic amines is 1. The fraction of sp³-hybridized carbons (Fsp3) is 0.0909. The van der Waals surface area contributed by atoms with Gasteiger partial charge in [0.25, 0.3) is 0 Å². The van der Waals surface area contributed by atoms with Gasteiger partial charge in [-0.2, -0.15) is 8.78 Å². The Hall–Kier alpha value is -2.68. The highest BCUT2D eigenvalue weighted by Crippen LogP contribution is 2.36. The molecule has 0 spiro atoms. The van der Waals surface area contributed by atoms with Crippen molar-refractivity contribution in [2.75, 3.05) is 4.72 Å². The van der Waals surface area contributed by atoms with Crippen molar-refractivity contribution in [2.24, 2.45) is 0 Å². The molecule has 4 aromatic rings. The van der Waals surface area contributed by atoms with Crippen LogP contribution in [0.4, 0.5) is 18.9 Å². The van der Waals surface area contributed by atoms with Gasteiger partial charge >= 0.3 is 6.61 Å². The van der Waals surface area contributed by atoms with Gasteiger partial charge in [-0.25, -0.2) is 4.39 Å². The summed E-state index contributed by atoms with van der Waals surface area (Å²) in [5.41, 5.74) is 2.03. The molecule has 2 N–H and O–H groups in total. The highest BCUT2D eigenvalue weighted by Gasteiger charge is 2.12. The van der Waals surface area contributed by atoms with Crippen molar-refractivity contribution < 1.29 is 22.6 Å². The van der Waals surface area contributed by atoms with Gasteiger partial charge in [-0.05, 0) is 53.9 Å². The normalized spacial score (nSPS) is 11.2. The molecule has 1 aromatic heterocycles. The van der Waals surface area contributed by atoms with Crippen LogP contribution in [0, 0.1) is 5.82 Å². The van der Waals surface area contributed by atoms with Crippen LogP contribution in [0.5, 0.6) is 11.5 Å². The van der Waals surface area contributed by atoms with E-state index < -0.39 is 12.4 Å². The third-order valence-corrected chi connectivity index (χ3v) is 5.93. The number of hydrogen-bond donors (Lipinski definition) is 2. The summed E-state index contributed by atoms with van der Waals surface area (Å²) in [5.74, 6) is -0.147. The number of benzene rings is 3. The van der Waals surface area contributed by atoms with Gasteiger partial charge in [-0.1, -0.05) is 35.3 Å². The van der Waals surface area contributed by atoms with E-state index in [2.05, 4.69) is 14.4 Å². The van der Waals surface area contributed by atoms with E-state index >= 15 is 0 Å². The smallest absolute Gasteiger partial charge is 0.387 e. The van der Waals surface area contributed by atoms with E-state index in [1.807, 2.05) is 0 Å². The van der Waals surface area contributed by atoms with E-state index in [1.54, 1.807) is 42.6 Å². The van der Waals surface area contributed by atoms with Gasteiger partial charge in [0.2, 0.25) is 0 Å². The molecule has 0 atom stereocenters. The lowest BCUT2D eigenvalue weighted by atomic mass is 10.2. The maximum absolute atomic E-state index is 14.6. The summed E-state index contributed by atoms with van der Waals surface area (Å²) in [6, 6.07) is 14.1. The second kappa shape index (κ2) is 9.85. The van der Waals surface area contributed by atoms with Crippen LogP contribution in [-0.4, -0.2) is 11.6 Å². The lowest BCUT2D eigenvalue weighted by Gasteiger charge is -2.11. The number of H-pyrrole nitrogens is 1. The molecule has 0 unspecified atom stereocenters. The highest BCUT2D eigenvalue weighted by atomic mass is 35.5. The van der Waals surface area contributed by atoms with E-state index in [0.29, 0.717) is 42.8 Å². The van der Waals surface area contributed by atoms with Gasteiger partial charge in [0, 0.05) is 17.6 Å². The van der Waals surface area contributed by atoms with Crippen molar-refractivity contribution in [1.82, 2.24) is 4.98 Å². The van der Waals surface area contributed by atoms with Crippen LogP contribution in [0.3, 0.4) is 0 Å². The lowest BCUT2D eigenvalue weighted by molar-refractivity contribution is -0.0499. The number of anilines is 1. The molecule has 0 saturated carbocycles. The van der Waals surface area contributed by atoms with E-state index in [0.717, 1.165) is 11.9 Å². The molecule has 32 heavy (non-hydrogen) atoms. The van der Waals surface area contributed by atoms with Gasteiger partial charge in [0.15, 0.2) is 0 Å². The van der Waals surface area contributed by atoms with Gasteiger partial charge in [-0.3, -0.25) is 0 Å². The first-order chi connectivity index (χ1) is 15.4. The number of hydrogen-bond acceptors (Lipinski definition) is 4. The molecule has 0 aliphatic carbocycles. The first-order valence-corrected chi connectivity index (χ1v) is 10.8. The summed E-state index contributed by atoms with van der Waals surface area (Å²) >= 11 is 13.4. The molecular weight excluding hydrogens is 484 g/mol. The monoisotopic (exact) mass is 498 g/mol. The van der Waals surface area contributed by atoms with Crippen LogP contribution in [-0.2, 0) is 6.61 Å². The lowest BCUT2D eigenvalue weighted by Crippen LogP contribution is -2.03. The molecular formula is C22H15Cl2F3N2O2S. The number of rotatable bonds is 8. The Morgan fingerprint density at radius 3 is 2.62 bits per heavy atom. The van der Waals surface area contributed by atoms with Crippen molar-refractivity contribution in [3.8, 4) is 11.5 Å². The number of halogens is 5. The minimum Gasteiger partial charge on any atom is -0.489 e. The molecule has 1 heterocycles. The third-order valence-electron chi connectivity index (χ3n) is 4.44. The Morgan fingerprint density at radius 1 is 1.00 bits per heavy atom. The molecule has 4 nitrogen and oxygen atoms in total. The maximum Gasteiger partial charge on any atom is 0.387 e. The fourth-order valence-corrected chi connectivity index (χ4v) is 4.24.